The topological polar surface area (TPSA) is 106 Å². The summed E-state index contributed by atoms with van der Waals surface area (Å²) in [5, 5.41) is 0. The summed E-state index contributed by atoms with van der Waals surface area (Å²) >= 11 is 0. The van der Waals surface area contributed by atoms with Crippen molar-refractivity contribution in [3.05, 3.63) is 18.7 Å². The van der Waals surface area contributed by atoms with Gasteiger partial charge in [0, 0.05) is 33.2 Å². The molecule has 1 fully saturated rings. The summed E-state index contributed by atoms with van der Waals surface area (Å²) in [7, 11) is 0. The van der Waals surface area contributed by atoms with E-state index in [1.165, 1.54) is 33.3 Å². The fourth-order valence-corrected chi connectivity index (χ4v) is 2.40. The molecule has 1 aromatic heterocycles. The molecular weight excluding hydrogens is 308 g/mol. The van der Waals surface area contributed by atoms with Gasteiger partial charge in [0.05, 0.1) is 12.9 Å². The molecule has 126 valence electrons. The van der Waals surface area contributed by atoms with Crippen molar-refractivity contribution in [1.29, 1.82) is 0 Å². The van der Waals surface area contributed by atoms with Gasteiger partial charge in [-0.15, -0.1) is 0 Å². The van der Waals surface area contributed by atoms with Crippen LogP contribution in [-0.2, 0) is 33.3 Å². The molecule has 2 heterocycles. The zero-order chi connectivity index (χ0) is 17.0. The summed E-state index contributed by atoms with van der Waals surface area (Å²) in [4.78, 5) is 38.0. The van der Waals surface area contributed by atoms with E-state index in [0.29, 0.717) is 0 Å². The van der Waals surface area contributed by atoms with Crippen LogP contribution in [0.2, 0.25) is 0 Å². The maximum atomic E-state index is 11.4. The van der Waals surface area contributed by atoms with Gasteiger partial charge < -0.3 is 23.5 Å². The van der Waals surface area contributed by atoms with Gasteiger partial charge in [-0.05, 0) is 0 Å². The molecular formula is C14H18N2O7. The van der Waals surface area contributed by atoms with Gasteiger partial charge in [0.15, 0.2) is 24.5 Å². The third-order valence-electron chi connectivity index (χ3n) is 3.14. The smallest absolute Gasteiger partial charge is 0.303 e. The molecule has 9 nitrogen and oxygen atoms in total. The Bertz CT molecular complexity index is 572. The van der Waals surface area contributed by atoms with Gasteiger partial charge >= 0.3 is 17.9 Å². The fourth-order valence-electron chi connectivity index (χ4n) is 2.40. The summed E-state index contributed by atoms with van der Waals surface area (Å²) in [5.74, 6) is -1.72. The largest absolute Gasteiger partial charge is 0.456 e. The van der Waals surface area contributed by atoms with Gasteiger partial charge in [0.2, 0.25) is 0 Å². The van der Waals surface area contributed by atoms with Crippen LogP contribution >= 0.6 is 0 Å². The first-order chi connectivity index (χ1) is 10.9. The minimum absolute atomic E-state index is 0.0157. The maximum absolute atomic E-state index is 11.4. The Morgan fingerprint density at radius 3 is 2.17 bits per heavy atom. The number of hydrogen-bond acceptors (Lipinski definition) is 8. The van der Waals surface area contributed by atoms with Crippen molar-refractivity contribution in [1.82, 2.24) is 9.55 Å². The highest BCUT2D eigenvalue weighted by Crippen LogP contribution is 2.30. The Labute approximate surface area is 132 Å². The van der Waals surface area contributed by atoms with E-state index >= 15 is 0 Å². The average Bonchev–Trinajstić information content (AvgIpc) is 2.94. The molecule has 0 aromatic carbocycles. The molecule has 1 aliphatic heterocycles. The Morgan fingerprint density at radius 1 is 1.04 bits per heavy atom. The number of ether oxygens (including phenoxy) is 4. The lowest BCUT2D eigenvalue weighted by atomic mass is 10.0. The molecule has 0 amide bonds. The van der Waals surface area contributed by atoms with Crippen LogP contribution in [-0.4, -0.2) is 52.4 Å². The molecule has 0 bridgehead atoms. The lowest BCUT2D eigenvalue weighted by molar-refractivity contribution is -0.239. The van der Waals surface area contributed by atoms with E-state index < -0.39 is 42.4 Å². The van der Waals surface area contributed by atoms with Gasteiger partial charge in [-0.1, -0.05) is 0 Å². The lowest BCUT2D eigenvalue weighted by Gasteiger charge is -2.40. The molecule has 0 N–H and O–H groups in total. The summed E-state index contributed by atoms with van der Waals surface area (Å²) in [6.07, 6.45) is 1.05. The van der Waals surface area contributed by atoms with Gasteiger partial charge in [-0.25, -0.2) is 4.98 Å². The summed E-state index contributed by atoms with van der Waals surface area (Å²) in [6.45, 7) is 3.66. The van der Waals surface area contributed by atoms with Crippen LogP contribution in [0.15, 0.2) is 18.7 Å². The molecule has 2 rings (SSSR count). The monoisotopic (exact) mass is 326 g/mol. The number of imidazole rings is 1. The number of carbonyl (C=O) groups excluding carboxylic acids is 3. The third-order valence-corrected chi connectivity index (χ3v) is 3.14. The van der Waals surface area contributed by atoms with Crippen LogP contribution < -0.4 is 0 Å². The Balaban J connectivity index is 2.31. The highest BCUT2D eigenvalue weighted by atomic mass is 16.6. The SMILES string of the molecule is CC(=O)O[C@@H]1[C@@H](OC(C)=O)[C@@H](n2ccnc2)OC[C@H]1OC(C)=O. The van der Waals surface area contributed by atoms with Gasteiger partial charge in [-0.3, -0.25) is 14.4 Å². The highest BCUT2D eigenvalue weighted by Gasteiger charge is 2.47. The van der Waals surface area contributed by atoms with Gasteiger partial charge in [-0.2, -0.15) is 0 Å². The number of aromatic nitrogens is 2. The van der Waals surface area contributed by atoms with Crippen molar-refractivity contribution < 1.29 is 33.3 Å². The zero-order valence-electron chi connectivity index (χ0n) is 13.0. The molecule has 1 aliphatic rings. The fraction of sp³-hybridized carbons (Fsp3) is 0.571. The first kappa shape index (κ1) is 16.9. The Hall–Kier alpha value is -2.42. The molecule has 0 radical (unpaired) electrons. The molecule has 9 heteroatoms. The molecule has 0 unspecified atom stereocenters. The second-order valence-corrected chi connectivity index (χ2v) is 5.03. The average molecular weight is 326 g/mol. The minimum Gasteiger partial charge on any atom is -0.456 e. The summed E-state index contributed by atoms with van der Waals surface area (Å²) in [6, 6.07) is 0. The van der Waals surface area contributed by atoms with E-state index in [0.717, 1.165) is 0 Å². The quantitative estimate of drug-likeness (QED) is 0.571. The van der Waals surface area contributed by atoms with Crippen molar-refractivity contribution in [2.75, 3.05) is 6.61 Å². The van der Waals surface area contributed by atoms with Crippen molar-refractivity contribution in [3.63, 3.8) is 0 Å². The van der Waals surface area contributed by atoms with E-state index in [1.54, 1.807) is 10.8 Å². The number of hydrogen-bond donors (Lipinski definition) is 0. The van der Waals surface area contributed by atoms with Crippen molar-refractivity contribution in [2.24, 2.45) is 0 Å². The van der Waals surface area contributed by atoms with Crippen LogP contribution in [0.4, 0.5) is 0 Å². The molecule has 1 saturated heterocycles. The molecule has 0 saturated carbocycles. The van der Waals surface area contributed by atoms with E-state index in [2.05, 4.69) is 4.98 Å². The minimum atomic E-state index is -0.985. The number of carbonyl (C=O) groups is 3. The molecule has 23 heavy (non-hydrogen) atoms. The number of nitrogens with zero attached hydrogens (tertiary/aromatic N) is 2. The summed E-state index contributed by atoms with van der Waals surface area (Å²) < 4.78 is 22.9. The van der Waals surface area contributed by atoms with Crippen LogP contribution in [0.1, 0.15) is 27.0 Å². The first-order valence-electron chi connectivity index (χ1n) is 6.99. The molecule has 1 aromatic rings. The van der Waals surface area contributed by atoms with Crippen LogP contribution in [0.3, 0.4) is 0 Å². The van der Waals surface area contributed by atoms with Crippen molar-refractivity contribution in [3.8, 4) is 0 Å². The second-order valence-electron chi connectivity index (χ2n) is 5.03. The van der Waals surface area contributed by atoms with Gasteiger partial charge in [0.25, 0.3) is 0 Å². The maximum Gasteiger partial charge on any atom is 0.303 e. The van der Waals surface area contributed by atoms with Crippen LogP contribution in [0, 0.1) is 0 Å². The first-order valence-corrected chi connectivity index (χ1v) is 6.99. The third kappa shape index (κ3) is 4.28. The van der Waals surface area contributed by atoms with Crippen molar-refractivity contribution in [2.45, 2.75) is 45.3 Å². The van der Waals surface area contributed by atoms with E-state index in [9.17, 15) is 14.4 Å². The van der Waals surface area contributed by atoms with Crippen molar-refractivity contribution >= 4 is 17.9 Å². The second kappa shape index (κ2) is 7.23. The van der Waals surface area contributed by atoms with E-state index in [-0.39, 0.29) is 6.61 Å². The van der Waals surface area contributed by atoms with Gasteiger partial charge in [0.1, 0.15) is 0 Å². The van der Waals surface area contributed by atoms with Crippen LogP contribution in [0.5, 0.6) is 0 Å². The summed E-state index contributed by atoms with van der Waals surface area (Å²) in [5.41, 5.74) is 0. The molecule has 0 aliphatic carbocycles. The van der Waals surface area contributed by atoms with E-state index in [1.807, 2.05) is 0 Å². The lowest BCUT2D eigenvalue weighted by Crippen LogP contribution is -2.55. The Morgan fingerprint density at radius 2 is 1.65 bits per heavy atom. The van der Waals surface area contributed by atoms with E-state index in [4.69, 9.17) is 18.9 Å². The predicted molar refractivity (Wildman–Crippen MR) is 73.9 cm³/mol. The highest BCUT2D eigenvalue weighted by molar-refractivity contribution is 5.68. The predicted octanol–water partition coefficient (Wildman–Crippen LogP) is 0.207. The standard InChI is InChI=1S/C14H18N2O7/c1-8(17)21-11-6-20-14(16-5-4-15-7-16)13(23-10(3)19)12(11)22-9(2)18/h4-5,7,11-14H,6H2,1-3H3/t11-,12+,13-,14+/m1/s1. The normalized spacial score (nSPS) is 27.1. The number of esters is 3. The number of rotatable bonds is 4. The molecule has 0 spiro atoms. The zero-order valence-corrected chi connectivity index (χ0v) is 13.0. The Kier molecular flexibility index (Phi) is 5.32. The van der Waals surface area contributed by atoms with Crippen LogP contribution in [0.25, 0.3) is 0 Å². The molecule has 4 atom stereocenters.